The zero-order valence-electron chi connectivity index (χ0n) is 16.5. The number of benzene rings is 2. The first kappa shape index (κ1) is 20.9. The van der Waals surface area contributed by atoms with Crippen molar-refractivity contribution in [3.05, 3.63) is 81.2 Å². The van der Waals surface area contributed by atoms with Crippen LogP contribution in [0.5, 0.6) is 0 Å². The molecule has 0 unspecified atom stereocenters. The molecule has 1 aromatic heterocycles. The lowest BCUT2D eigenvalue weighted by Gasteiger charge is -2.29. The summed E-state index contributed by atoms with van der Waals surface area (Å²) >= 11 is 12.4. The highest BCUT2D eigenvalue weighted by Gasteiger charge is 2.36. The summed E-state index contributed by atoms with van der Waals surface area (Å²) < 4.78 is 6.19. The summed E-state index contributed by atoms with van der Waals surface area (Å²) in [4.78, 5) is 29.5. The van der Waals surface area contributed by atoms with Crippen LogP contribution < -0.4 is 10.6 Å². The predicted molar refractivity (Wildman–Crippen MR) is 117 cm³/mol. The number of carbonyl (C=O) groups is 2. The molecule has 1 aliphatic rings. The van der Waals surface area contributed by atoms with Crippen molar-refractivity contribution >= 4 is 46.7 Å². The van der Waals surface area contributed by atoms with Crippen LogP contribution in [0.1, 0.15) is 29.1 Å². The molecule has 4 rings (SSSR count). The Balaban J connectivity index is 1.81. The third-order valence-electron chi connectivity index (χ3n) is 4.77. The average Bonchev–Trinajstić information content (AvgIpc) is 3.18. The van der Waals surface area contributed by atoms with Crippen molar-refractivity contribution in [2.45, 2.75) is 13.0 Å². The quantitative estimate of drug-likeness (QED) is 0.566. The number of methoxy groups -OCH3 is 1. The highest BCUT2D eigenvalue weighted by Crippen LogP contribution is 2.38. The lowest BCUT2D eigenvalue weighted by Crippen LogP contribution is -2.31. The smallest absolute Gasteiger partial charge is 0.378 e. The molecule has 10 heteroatoms. The van der Waals surface area contributed by atoms with Crippen LogP contribution >= 0.6 is 23.2 Å². The molecule has 2 N–H and O–H groups in total. The largest absolute Gasteiger partial charge is 0.463 e. The highest BCUT2D eigenvalue weighted by molar-refractivity contribution is 6.31. The Labute approximate surface area is 187 Å². The van der Waals surface area contributed by atoms with E-state index in [1.807, 2.05) is 6.07 Å². The van der Waals surface area contributed by atoms with Gasteiger partial charge >= 0.3 is 5.97 Å². The summed E-state index contributed by atoms with van der Waals surface area (Å²) in [6.07, 6.45) is 0. The Kier molecular flexibility index (Phi) is 5.67. The van der Waals surface area contributed by atoms with E-state index >= 15 is 0 Å². The van der Waals surface area contributed by atoms with Gasteiger partial charge in [-0.25, -0.2) is 9.48 Å². The minimum Gasteiger partial charge on any atom is -0.463 e. The van der Waals surface area contributed by atoms with Crippen molar-refractivity contribution in [1.29, 1.82) is 0 Å². The van der Waals surface area contributed by atoms with Crippen molar-refractivity contribution in [3.63, 3.8) is 0 Å². The number of anilines is 2. The summed E-state index contributed by atoms with van der Waals surface area (Å²) in [6.45, 7) is 1.75. The number of ether oxygens (including phenoxy) is 1. The van der Waals surface area contributed by atoms with E-state index in [1.165, 1.54) is 11.8 Å². The lowest BCUT2D eigenvalue weighted by atomic mass is 9.95. The maximum atomic E-state index is 13.3. The number of allylic oxidation sites excluding steroid dienone is 1. The molecule has 8 nitrogen and oxygen atoms in total. The van der Waals surface area contributed by atoms with Gasteiger partial charge in [0.15, 0.2) is 0 Å². The molecule has 0 radical (unpaired) electrons. The summed E-state index contributed by atoms with van der Waals surface area (Å²) in [6, 6.07) is 13.2. The summed E-state index contributed by atoms with van der Waals surface area (Å²) in [7, 11) is 1.25. The van der Waals surface area contributed by atoms with Crippen molar-refractivity contribution in [2.75, 3.05) is 17.7 Å². The third kappa shape index (κ3) is 3.99. The Bertz CT molecular complexity index is 1200. The molecule has 1 amide bonds. The van der Waals surface area contributed by atoms with E-state index in [1.54, 1.807) is 49.4 Å². The molecule has 2 aromatic carbocycles. The van der Waals surface area contributed by atoms with Gasteiger partial charge in [0, 0.05) is 27.0 Å². The molecule has 0 fully saturated rings. The van der Waals surface area contributed by atoms with E-state index < -0.39 is 12.0 Å². The minimum atomic E-state index is -0.719. The Hall–Kier alpha value is -3.36. The third-order valence-corrected chi connectivity index (χ3v) is 5.36. The van der Waals surface area contributed by atoms with E-state index in [4.69, 9.17) is 27.9 Å². The number of aromatic nitrogens is 3. The van der Waals surface area contributed by atoms with E-state index in [2.05, 4.69) is 20.7 Å². The fourth-order valence-corrected chi connectivity index (χ4v) is 3.70. The van der Waals surface area contributed by atoms with Gasteiger partial charge in [-0.3, -0.25) is 4.79 Å². The van der Waals surface area contributed by atoms with Crippen molar-refractivity contribution in [3.8, 4) is 0 Å². The first-order chi connectivity index (χ1) is 14.9. The summed E-state index contributed by atoms with van der Waals surface area (Å²) in [5.41, 5.74) is 2.13. The van der Waals surface area contributed by atoms with E-state index in [9.17, 15) is 9.59 Å². The Morgan fingerprint density at radius 3 is 2.52 bits per heavy atom. The Morgan fingerprint density at radius 2 is 1.84 bits per heavy atom. The van der Waals surface area contributed by atoms with Crippen LogP contribution in [0.3, 0.4) is 0 Å². The van der Waals surface area contributed by atoms with Crippen molar-refractivity contribution in [1.82, 2.24) is 14.8 Å². The first-order valence-corrected chi connectivity index (χ1v) is 9.98. The molecule has 0 aliphatic carbocycles. The summed E-state index contributed by atoms with van der Waals surface area (Å²) in [5, 5.41) is 11.2. The van der Waals surface area contributed by atoms with Crippen molar-refractivity contribution < 1.29 is 14.3 Å². The number of halogens is 2. The highest BCUT2D eigenvalue weighted by atomic mass is 35.5. The zero-order valence-corrected chi connectivity index (χ0v) is 18.0. The van der Waals surface area contributed by atoms with Gasteiger partial charge in [-0.15, -0.1) is 5.10 Å². The Morgan fingerprint density at radius 1 is 1.13 bits per heavy atom. The molecular formula is C21H17Cl2N5O3. The molecule has 0 saturated carbocycles. The average molecular weight is 458 g/mol. The molecule has 31 heavy (non-hydrogen) atoms. The van der Waals surface area contributed by atoms with Gasteiger partial charge in [0.2, 0.25) is 5.95 Å². The number of nitrogens with one attached hydrogen (secondary N) is 2. The second kappa shape index (κ2) is 8.41. The molecule has 1 atom stereocenters. The molecule has 3 aromatic rings. The molecular weight excluding hydrogens is 441 g/mol. The van der Waals surface area contributed by atoms with Gasteiger partial charge in [-0.05, 0) is 37.3 Å². The van der Waals surface area contributed by atoms with Gasteiger partial charge in [0.05, 0.1) is 12.7 Å². The van der Waals surface area contributed by atoms with Crippen LogP contribution in [-0.2, 0) is 9.53 Å². The maximum absolute atomic E-state index is 13.3. The number of hydrogen-bond donors (Lipinski definition) is 2. The standard InChI is InChI=1S/C21H17Cl2N5O3/c1-11-16(19(29)25-13-9-7-12(22)8-10-13)17(14-5-3-4-6-15(14)23)28-21(24-11)26-18(27-28)20(30)31-2/h3-10,17H,1-2H3,(H,25,29)(H,24,26,27)/t17-/m0/s1. The van der Waals surface area contributed by atoms with Crippen LogP contribution in [0.4, 0.5) is 11.6 Å². The van der Waals surface area contributed by atoms with Crippen LogP contribution in [0.15, 0.2) is 59.8 Å². The number of carbonyl (C=O) groups excluding carboxylic acids is 2. The van der Waals surface area contributed by atoms with Crippen LogP contribution in [0, 0.1) is 0 Å². The zero-order chi connectivity index (χ0) is 22.1. The normalized spacial score (nSPS) is 15.2. The molecule has 0 bridgehead atoms. The number of rotatable bonds is 4. The van der Waals surface area contributed by atoms with Crippen molar-refractivity contribution in [2.24, 2.45) is 0 Å². The van der Waals surface area contributed by atoms with E-state index in [-0.39, 0.29) is 11.7 Å². The number of amides is 1. The molecule has 0 saturated heterocycles. The first-order valence-electron chi connectivity index (χ1n) is 9.23. The van der Waals surface area contributed by atoms with E-state index in [0.29, 0.717) is 38.5 Å². The van der Waals surface area contributed by atoms with Gasteiger partial charge in [-0.1, -0.05) is 41.4 Å². The van der Waals surface area contributed by atoms with Crippen LogP contribution in [0.25, 0.3) is 0 Å². The number of hydrogen-bond acceptors (Lipinski definition) is 6. The molecule has 0 spiro atoms. The lowest BCUT2D eigenvalue weighted by molar-refractivity contribution is -0.113. The van der Waals surface area contributed by atoms with Crippen LogP contribution in [0.2, 0.25) is 10.0 Å². The molecule has 2 heterocycles. The van der Waals surface area contributed by atoms with Gasteiger partial charge in [0.25, 0.3) is 11.7 Å². The monoisotopic (exact) mass is 457 g/mol. The second-order valence-electron chi connectivity index (χ2n) is 6.74. The predicted octanol–water partition coefficient (Wildman–Crippen LogP) is 4.30. The minimum absolute atomic E-state index is 0.130. The number of nitrogens with zero attached hydrogens (tertiary/aromatic N) is 3. The van der Waals surface area contributed by atoms with Gasteiger partial charge in [-0.2, -0.15) is 4.98 Å². The molecule has 1 aliphatic heterocycles. The summed E-state index contributed by atoms with van der Waals surface area (Å²) in [5.74, 6) is -0.885. The van der Waals surface area contributed by atoms with Crippen LogP contribution in [-0.4, -0.2) is 33.8 Å². The maximum Gasteiger partial charge on any atom is 0.378 e. The van der Waals surface area contributed by atoms with Gasteiger partial charge < -0.3 is 15.4 Å². The number of fused-ring (bicyclic) bond motifs is 1. The fraction of sp³-hybridized carbons (Fsp3) is 0.143. The van der Waals surface area contributed by atoms with E-state index in [0.717, 1.165) is 0 Å². The second-order valence-corrected chi connectivity index (χ2v) is 7.59. The van der Waals surface area contributed by atoms with Gasteiger partial charge in [0.1, 0.15) is 6.04 Å². The SMILES string of the molecule is COC(=O)c1nc2n(n1)[C@@H](c1ccccc1Cl)C(C(=O)Nc1ccc(Cl)cc1)=C(C)N2. The fourth-order valence-electron chi connectivity index (χ4n) is 3.34. The molecule has 158 valence electrons. The topological polar surface area (TPSA) is 98.1 Å². The number of esters is 1.